The molecule has 0 atom stereocenters. The van der Waals surface area contributed by atoms with E-state index in [9.17, 15) is 10.1 Å². The quantitative estimate of drug-likeness (QED) is 0.365. The second-order valence-corrected chi connectivity index (χ2v) is 3.39. The number of nitrogens with zero attached hydrogens (tertiary/aromatic N) is 2. The largest absolute Gasteiger partial charge is 0.385 e. The molecule has 0 amide bonds. The maximum atomic E-state index is 10.6. The first-order valence-electron chi connectivity index (χ1n) is 5.22. The van der Waals surface area contributed by atoms with Crippen molar-refractivity contribution in [3.05, 3.63) is 46.0 Å². The average molecular weight is 231 g/mol. The summed E-state index contributed by atoms with van der Waals surface area (Å²) in [6.07, 6.45) is 4.84. The van der Waals surface area contributed by atoms with Gasteiger partial charge in [0.05, 0.1) is 4.92 Å². The van der Waals surface area contributed by atoms with Crippen LogP contribution in [0.1, 0.15) is 18.9 Å². The molecule has 17 heavy (non-hydrogen) atoms. The number of anilines is 1. The van der Waals surface area contributed by atoms with Gasteiger partial charge in [-0.3, -0.25) is 10.1 Å². The summed E-state index contributed by atoms with van der Waals surface area (Å²) >= 11 is 0. The number of nitriles is 1. The molecule has 88 valence electrons. The topological polar surface area (TPSA) is 79.0 Å². The van der Waals surface area contributed by atoms with Crippen LogP contribution in [0.2, 0.25) is 0 Å². The zero-order valence-corrected chi connectivity index (χ0v) is 9.51. The predicted molar refractivity (Wildman–Crippen MR) is 65.7 cm³/mol. The summed E-state index contributed by atoms with van der Waals surface area (Å²) in [5.41, 5.74) is 0.634. The molecular formula is C12H13N3O2. The molecule has 0 heterocycles. The summed E-state index contributed by atoms with van der Waals surface area (Å²) in [5, 5.41) is 22.5. The van der Waals surface area contributed by atoms with Gasteiger partial charge in [0.25, 0.3) is 5.69 Å². The molecule has 5 heteroatoms. The zero-order valence-electron chi connectivity index (χ0n) is 9.51. The fourth-order valence-electron chi connectivity index (χ4n) is 1.36. The SMILES string of the molecule is C/C=C/CCNc1ccc([N+](=O)[O-])c(C#N)c1. The molecule has 1 aromatic carbocycles. The number of nitro groups is 1. The number of nitrogens with one attached hydrogen (secondary N) is 1. The van der Waals surface area contributed by atoms with E-state index in [1.807, 2.05) is 25.1 Å². The highest BCUT2D eigenvalue weighted by Crippen LogP contribution is 2.21. The van der Waals surface area contributed by atoms with Crippen LogP contribution in [0, 0.1) is 21.4 Å². The van der Waals surface area contributed by atoms with Gasteiger partial charge in [0, 0.05) is 18.3 Å². The summed E-state index contributed by atoms with van der Waals surface area (Å²) < 4.78 is 0. The average Bonchev–Trinajstić information content (AvgIpc) is 2.34. The van der Waals surface area contributed by atoms with Crippen molar-refractivity contribution < 1.29 is 4.92 Å². The Hall–Kier alpha value is -2.35. The molecular weight excluding hydrogens is 218 g/mol. The second-order valence-electron chi connectivity index (χ2n) is 3.39. The Balaban J connectivity index is 2.77. The van der Waals surface area contributed by atoms with Gasteiger partial charge in [-0.2, -0.15) is 5.26 Å². The van der Waals surface area contributed by atoms with Gasteiger partial charge < -0.3 is 5.32 Å². The first kappa shape index (κ1) is 12.7. The maximum absolute atomic E-state index is 10.6. The number of benzene rings is 1. The van der Waals surface area contributed by atoms with Crippen molar-refractivity contribution in [3.8, 4) is 6.07 Å². The molecule has 0 radical (unpaired) electrons. The molecule has 0 bridgehead atoms. The van der Waals surface area contributed by atoms with E-state index in [1.54, 1.807) is 6.07 Å². The Bertz CT molecular complexity index is 475. The highest BCUT2D eigenvalue weighted by molar-refractivity contribution is 5.58. The van der Waals surface area contributed by atoms with E-state index in [1.165, 1.54) is 12.1 Å². The van der Waals surface area contributed by atoms with Crippen LogP contribution in [0.25, 0.3) is 0 Å². The summed E-state index contributed by atoms with van der Waals surface area (Å²) in [6.45, 7) is 2.67. The first-order valence-corrected chi connectivity index (χ1v) is 5.22. The maximum Gasteiger partial charge on any atom is 0.287 e. The Labute approximate surface area is 99.5 Å². The molecule has 0 saturated heterocycles. The van der Waals surface area contributed by atoms with Crippen LogP contribution >= 0.6 is 0 Å². The zero-order chi connectivity index (χ0) is 12.7. The lowest BCUT2D eigenvalue weighted by molar-refractivity contribution is -0.385. The molecule has 5 nitrogen and oxygen atoms in total. The standard InChI is InChI=1S/C12H13N3O2/c1-2-3-4-7-14-11-5-6-12(15(16)17)10(8-11)9-13/h2-3,5-6,8,14H,4,7H2,1H3/b3-2+. The molecule has 0 aliphatic rings. The van der Waals surface area contributed by atoms with E-state index in [4.69, 9.17) is 5.26 Å². The van der Waals surface area contributed by atoms with Crippen LogP contribution in [0.5, 0.6) is 0 Å². The molecule has 0 unspecified atom stereocenters. The summed E-state index contributed by atoms with van der Waals surface area (Å²) in [4.78, 5) is 10.1. The van der Waals surface area contributed by atoms with Gasteiger partial charge >= 0.3 is 0 Å². The highest BCUT2D eigenvalue weighted by atomic mass is 16.6. The lowest BCUT2D eigenvalue weighted by Crippen LogP contribution is -2.01. The third-order valence-electron chi connectivity index (χ3n) is 2.19. The number of hydrogen-bond acceptors (Lipinski definition) is 4. The smallest absolute Gasteiger partial charge is 0.287 e. The molecule has 0 spiro atoms. The van der Waals surface area contributed by atoms with Crippen LogP contribution in [0.15, 0.2) is 30.4 Å². The van der Waals surface area contributed by atoms with E-state index < -0.39 is 4.92 Å². The lowest BCUT2D eigenvalue weighted by atomic mass is 10.1. The summed E-state index contributed by atoms with van der Waals surface area (Å²) in [7, 11) is 0. The second kappa shape index (κ2) is 6.28. The third kappa shape index (κ3) is 3.61. The van der Waals surface area contributed by atoms with Gasteiger partial charge in [-0.05, 0) is 25.5 Å². The van der Waals surface area contributed by atoms with Crippen molar-refractivity contribution >= 4 is 11.4 Å². The fraction of sp³-hybridized carbons (Fsp3) is 0.250. The van der Waals surface area contributed by atoms with Crippen LogP contribution in [0.3, 0.4) is 0 Å². The highest BCUT2D eigenvalue weighted by Gasteiger charge is 2.13. The molecule has 1 aromatic rings. The minimum atomic E-state index is -0.553. The van der Waals surface area contributed by atoms with E-state index in [0.717, 1.165) is 18.7 Å². The summed E-state index contributed by atoms with van der Waals surface area (Å²) in [6, 6.07) is 6.27. The van der Waals surface area contributed by atoms with Crippen molar-refractivity contribution in [2.75, 3.05) is 11.9 Å². The van der Waals surface area contributed by atoms with Crippen LogP contribution in [-0.2, 0) is 0 Å². The molecule has 0 aromatic heterocycles. The van der Waals surface area contributed by atoms with Crippen LogP contribution in [-0.4, -0.2) is 11.5 Å². The van der Waals surface area contributed by atoms with Crippen molar-refractivity contribution in [2.24, 2.45) is 0 Å². The monoisotopic (exact) mass is 231 g/mol. The minimum absolute atomic E-state index is 0.0750. The van der Waals surface area contributed by atoms with Gasteiger partial charge in [-0.15, -0.1) is 0 Å². The summed E-state index contributed by atoms with van der Waals surface area (Å²) in [5.74, 6) is 0. The third-order valence-corrected chi connectivity index (χ3v) is 2.19. The number of nitro benzene ring substituents is 1. The van der Waals surface area contributed by atoms with Crippen molar-refractivity contribution in [1.82, 2.24) is 0 Å². The molecule has 0 aliphatic carbocycles. The first-order chi connectivity index (χ1) is 8.19. The predicted octanol–water partition coefficient (Wildman–Crippen LogP) is 2.84. The Morgan fingerprint density at radius 2 is 2.35 bits per heavy atom. The normalized spacial score (nSPS) is 10.1. The Kier molecular flexibility index (Phi) is 4.70. The molecule has 0 fully saturated rings. The number of allylic oxidation sites excluding steroid dienone is 1. The van der Waals surface area contributed by atoms with Gasteiger partial charge in [0.2, 0.25) is 0 Å². The van der Waals surface area contributed by atoms with Gasteiger partial charge in [-0.25, -0.2) is 0 Å². The van der Waals surface area contributed by atoms with Gasteiger partial charge in [-0.1, -0.05) is 12.2 Å². The minimum Gasteiger partial charge on any atom is -0.385 e. The van der Waals surface area contributed by atoms with E-state index >= 15 is 0 Å². The van der Waals surface area contributed by atoms with Gasteiger partial charge in [0.1, 0.15) is 11.6 Å². The lowest BCUT2D eigenvalue weighted by Gasteiger charge is -2.04. The van der Waals surface area contributed by atoms with Crippen LogP contribution in [0.4, 0.5) is 11.4 Å². The molecule has 1 N–H and O–H groups in total. The van der Waals surface area contributed by atoms with Crippen molar-refractivity contribution in [2.45, 2.75) is 13.3 Å². The Morgan fingerprint density at radius 1 is 1.59 bits per heavy atom. The van der Waals surface area contributed by atoms with E-state index in [0.29, 0.717) is 0 Å². The van der Waals surface area contributed by atoms with Crippen LogP contribution < -0.4 is 5.32 Å². The molecule has 0 aliphatic heterocycles. The van der Waals surface area contributed by atoms with E-state index in [-0.39, 0.29) is 11.3 Å². The van der Waals surface area contributed by atoms with Gasteiger partial charge in [0.15, 0.2) is 0 Å². The van der Waals surface area contributed by atoms with Crippen molar-refractivity contribution in [1.29, 1.82) is 5.26 Å². The fourth-order valence-corrected chi connectivity index (χ4v) is 1.36. The van der Waals surface area contributed by atoms with Crippen molar-refractivity contribution in [3.63, 3.8) is 0 Å². The molecule has 0 saturated carbocycles. The molecule has 1 rings (SSSR count). The number of rotatable bonds is 5. The van der Waals surface area contributed by atoms with E-state index in [2.05, 4.69) is 5.32 Å². The Morgan fingerprint density at radius 3 is 2.94 bits per heavy atom. The number of hydrogen-bond donors (Lipinski definition) is 1.